The van der Waals surface area contributed by atoms with E-state index in [2.05, 4.69) is 205 Å². The van der Waals surface area contributed by atoms with Crippen LogP contribution in [0.3, 0.4) is 0 Å². The van der Waals surface area contributed by atoms with Gasteiger partial charge in [-0.15, -0.1) is 0 Å². The van der Waals surface area contributed by atoms with Gasteiger partial charge in [0.15, 0.2) is 0 Å². The van der Waals surface area contributed by atoms with Crippen LogP contribution in [0.4, 0.5) is 17.1 Å². The van der Waals surface area contributed by atoms with Crippen molar-refractivity contribution in [3.8, 4) is 22.3 Å². The van der Waals surface area contributed by atoms with E-state index in [4.69, 9.17) is 4.42 Å². The van der Waals surface area contributed by atoms with Gasteiger partial charge in [-0.05, 0) is 96.9 Å². The van der Waals surface area contributed by atoms with Crippen molar-refractivity contribution in [3.63, 3.8) is 0 Å². The van der Waals surface area contributed by atoms with Crippen molar-refractivity contribution in [3.05, 3.63) is 200 Å². The second-order valence-electron chi connectivity index (χ2n) is 14.0. The van der Waals surface area contributed by atoms with E-state index in [0.717, 1.165) is 50.1 Å². The fraction of sp³-hybridized carbons (Fsp3) is 0. The van der Waals surface area contributed by atoms with E-state index in [9.17, 15) is 0 Å². The fourth-order valence-electron chi connectivity index (χ4n) is 8.56. The van der Waals surface area contributed by atoms with Gasteiger partial charge < -0.3 is 9.32 Å². The number of hydrogen-bond donors (Lipinski definition) is 0. The summed E-state index contributed by atoms with van der Waals surface area (Å²) in [5.41, 5.74) is 9.63. The van der Waals surface area contributed by atoms with Crippen molar-refractivity contribution >= 4 is 82.1 Å². The maximum Gasteiger partial charge on any atom is 0.145 e. The summed E-state index contributed by atoms with van der Waals surface area (Å²) < 4.78 is 6.78. The summed E-state index contributed by atoms with van der Waals surface area (Å²) in [4.78, 5) is 2.44. The Morgan fingerprint density at radius 1 is 0.333 bits per heavy atom. The number of hydrogen-bond acceptors (Lipinski definition) is 2. The van der Waals surface area contributed by atoms with Gasteiger partial charge in [0.25, 0.3) is 0 Å². The first kappa shape index (κ1) is 30.5. The minimum Gasteiger partial charge on any atom is -0.455 e. The van der Waals surface area contributed by atoms with Gasteiger partial charge in [0.1, 0.15) is 11.2 Å². The molecule has 0 bridgehead atoms. The third-order valence-electron chi connectivity index (χ3n) is 11.0. The molecule has 0 fully saturated rings. The van der Waals surface area contributed by atoms with Gasteiger partial charge >= 0.3 is 0 Å². The van der Waals surface area contributed by atoms with Crippen LogP contribution < -0.4 is 4.90 Å². The predicted molar refractivity (Wildman–Crippen MR) is 229 cm³/mol. The van der Waals surface area contributed by atoms with Crippen molar-refractivity contribution in [2.24, 2.45) is 0 Å². The summed E-state index contributed by atoms with van der Waals surface area (Å²) in [5.74, 6) is 0. The van der Waals surface area contributed by atoms with E-state index in [-0.39, 0.29) is 0 Å². The zero-order chi connectivity index (χ0) is 35.6. The maximum absolute atomic E-state index is 6.78. The molecule has 11 aromatic rings. The zero-order valence-corrected chi connectivity index (χ0v) is 29.4. The molecular formula is C52H33NO. The summed E-state index contributed by atoms with van der Waals surface area (Å²) in [6.07, 6.45) is 0. The van der Waals surface area contributed by atoms with Crippen LogP contribution in [0.25, 0.3) is 87.3 Å². The number of rotatable bonds is 5. The Morgan fingerprint density at radius 2 is 0.944 bits per heavy atom. The highest BCUT2D eigenvalue weighted by Gasteiger charge is 2.24. The SMILES string of the molecule is c1ccc(-c2ccc(N(c3ccc(-c4cc5ccccc5c5ccccc45)cc3)c3cccc4ccc5ccccc5c34)c3c2oc2ccccc23)cc1. The maximum atomic E-state index is 6.78. The highest BCUT2D eigenvalue weighted by atomic mass is 16.3. The van der Waals surface area contributed by atoms with Crippen molar-refractivity contribution < 1.29 is 4.42 Å². The number of benzene rings is 10. The van der Waals surface area contributed by atoms with Crippen molar-refractivity contribution in [2.75, 3.05) is 4.90 Å². The van der Waals surface area contributed by atoms with E-state index >= 15 is 0 Å². The van der Waals surface area contributed by atoms with Crippen molar-refractivity contribution in [2.45, 2.75) is 0 Å². The molecule has 1 aromatic heterocycles. The standard InChI is InChI=1S/C52H33NO/c1-2-13-34(14-3-1)42-31-32-48(51-45-22-10-11-24-49(45)54-52(42)51)53(47-23-12-17-37-26-25-35-15-4-7-19-41(35)50(37)47)39-29-27-36(28-30-39)46-33-38-16-5-6-18-40(38)43-20-8-9-21-44(43)46/h1-33H. The van der Waals surface area contributed by atoms with Gasteiger partial charge in [-0.3, -0.25) is 0 Å². The van der Waals surface area contributed by atoms with Crippen LogP contribution in [0.2, 0.25) is 0 Å². The lowest BCUT2D eigenvalue weighted by atomic mass is 9.93. The number of fused-ring (bicyclic) bond motifs is 9. The Kier molecular flexibility index (Phi) is 6.90. The second kappa shape index (κ2) is 12.2. The van der Waals surface area contributed by atoms with Crippen molar-refractivity contribution in [1.29, 1.82) is 0 Å². The summed E-state index contributed by atoms with van der Waals surface area (Å²) in [6, 6.07) is 72.2. The van der Waals surface area contributed by atoms with Crippen LogP contribution in [-0.4, -0.2) is 0 Å². The minimum absolute atomic E-state index is 0.874. The van der Waals surface area contributed by atoms with Crippen LogP contribution in [0.1, 0.15) is 0 Å². The average Bonchev–Trinajstić information content (AvgIpc) is 3.64. The van der Waals surface area contributed by atoms with Crippen molar-refractivity contribution in [1.82, 2.24) is 0 Å². The molecule has 11 rings (SSSR count). The summed E-state index contributed by atoms with van der Waals surface area (Å²) >= 11 is 0. The summed E-state index contributed by atoms with van der Waals surface area (Å²) in [7, 11) is 0. The van der Waals surface area contributed by atoms with Gasteiger partial charge in [0, 0.05) is 22.0 Å². The lowest BCUT2D eigenvalue weighted by molar-refractivity contribution is 0.670. The van der Waals surface area contributed by atoms with Crippen LogP contribution in [0, 0.1) is 0 Å². The number of para-hydroxylation sites is 1. The van der Waals surface area contributed by atoms with Gasteiger partial charge in [-0.1, -0.05) is 158 Å². The second-order valence-corrected chi connectivity index (χ2v) is 14.0. The van der Waals surface area contributed by atoms with Gasteiger partial charge in [-0.2, -0.15) is 0 Å². The van der Waals surface area contributed by atoms with E-state index < -0.39 is 0 Å². The average molecular weight is 688 g/mol. The Hall–Kier alpha value is -7.16. The van der Waals surface area contributed by atoms with E-state index in [0.29, 0.717) is 0 Å². The van der Waals surface area contributed by atoms with Crippen LogP contribution in [0.15, 0.2) is 205 Å². The molecule has 1 heterocycles. The first-order valence-corrected chi connectivity index (χ1v) is 18.5. The minimum atomic E-state index is 0.874. The summed E-state index contributed by atoms with van der Waals surface area (Å²) in [5, 5.41) is 12.1. The molecule has 0 spiro atoms. The normalized spacial score (nSPS) is 11.7. The first-order valence-electron chi connectivity index (χ1n) is 18.5. The predicted octanol–water partition coefficient (Wildman–Crippen LogP) is 15.0. The zero-order valence-electron chi connectivity index (χ0n) is 29.4. The first-order chi connectivity index (χ1) is 26.8. The lowest BCUT2D eigenvalue weighted by Crippen LogP contribution is -2.11. The highest BCUT2D eigenvalue weighted by Crippen LogP contribution is 2.48. The third-order valence-corrected chi connectivity index (χ3v) is 11.0. The smallest absolute Gasteiger partial charge is 0.145 e. The number of nitrogens with zero attached hydrogens (tertiary/aromatic N) is 1. The molecule has 0 amide bonds. The molecule has 0 aliphatic heterocycles. The Balaban J connectivity index is 1.19. The molecule has 2 heteroatoms. The van der Waals surface area contributed by atoms with Gasteiger partial charge in [0.2, 0.25) is 0 Å². The Bertz CT molecular complexity index is 3210. The molecule has 0 unspecified atom stereocenters. The molecule has 0 aliphatic carbocycles. The molecule has 252 valence electrons. The Labute approximate surface area is 312 Å². The molecule has 0 aliphatic rings. The molecule has 10 aromatic carbocycles. The molecule has 0 saturated carbocycles. The largest absolute Gasteiger partial charge is 0.455 e. The molecule has 2 nitrogen and oxygen atoms in total. The highest BCUT2D eigenvalue weighted by molar-refractivity contribution is 6.20. The number of furan rings is 1. The lowest BCUT2D eigenvalue weighted by Gasteiger charge is -2.28. The molecule has 54 heavy (non-hydrogen) atoms. The Morgan fingerprint density at radius 3 is 1.78 bits per heavy atom. The molecule has 0 atom stereocenters. The molecule has 0 N–H and O–H groups in total. The third kappa shape index (κ3) is 4.74. The van der Waals surface area contributed by atoms with Gasteiger partial charge in [0.05, 0.1) is 16.8 Å². The van der Waals surface area contributed by atoms with Crippen LogP contribution in [0.5, 0.6) is 0 Å². The fourth-order valence-corrected chi connectivity index (χ4v) is 8.56. The monoisotopic (exact) mass is 687 g/mol. The quantitative estimate of drug-likeness (QED) is 0.168. The topological polar surface area (TPSA) is 16.4 Å². The molecular weight excluding hydrogens is 655 g/mol. The van der Waals surface area contributed by atoms with Gasteiger partial charge in [-0.25, -0.2) is 0 Å². The van der Waals surface area contributed by atoms with E-state index in [1.165, 1.54) is 54.2 Å². The summed E-state index contributed by atoms with van der Waals surface area (Å²) in [6.45, 7) is 0. The van der Waals surface area contributed by atoms with Crippen LogP contribution >= 0.6 is 0 Å². The molecule has 0 radical (unpaired) electrons. The number of anilines is 3. The van der Waals surface area contributed by atoms with Crippen LogP contribution in [-0.2, 0) is 0 Å². The molecule has 0 saturated heterocycles. The van der Waals surface area contributed by atoms with E-state index in [1.807, 2.05) is 0 Å². The van der Waals surface area contributed by atoms with E-state index in [1.54, 1.807) is 0 Å².